The number of aromatic hydroxyl groups is 1. The molecule has 0 saturated carbocycles. The average molecular weight is 247 g/mol. The summed E-state index contributed by atoms with van der Waals surface area (Å²) in [6.07, 6.45) is -2.69. The molecular formula is C8H4F3N3OS. The van der Waals surface area contributed by atoms with Gasteiger partial charge < -0.3 is 5.11 Å². The van der Waals surface area contributed by atoms with E-state index in [4.69, 9.17) is 5.11 Å². The van der Waals surface area contributed by atoms with Crippen LogP contribution in [0.15, 0.2) is 17.9 Å². The molecule has 8 heteroatoms. The Morgan fingerprint density at radius 1 is 1.25 bits per heavy atom. The Bertz CT molecular complexity index is 498. The summed E-state index contributed by atoms with van der Waals surface area (Å²) in [6.45, 7) is 0. The predicted octanol–water partition coefficient (Wildman–Crippen LogP) is 2.32. The van der Waals surface area contributed by atoms with Gasteiger partial charge in [0.2, 0.25) is 5.88 Å². The van der Waals surface area contributed by atoms with Crippen molar-refractivity contribution in [2.45, 2.75) is 6.18 Å². The highest BCUT2D eigenvalue weighted by Gasteiger charge is 2.35. The number of rotatable bonds is 1. The number of thiazole rings is 1. The fourth-order valence-corrected chi connectivity index (χ4v) is 1.58. The number of nitrogens with zero attached hydrogens (tertiary/aromatic N) is 3. The summed E-state index contributed by atoms with van der Waals surface area (Å²) in [4.78, 5) is 11.1. The van der Waals surface area contributed by atoms with Gasteiger partial charge in [-0.15, -0.1) is 11.3 Å². The van der Waals surface area contributed by atoms with E-state index in [1.54, 1.807) is 0 Å². The van der Waals surface area contributed by atoms with Crippen molar-refractivity contribution >= 4 is 11.3 Å². The van der Waals surface area contributed by atoms with E-state index >= 15 is 0 Å². The maximum Gasteiger partial charge on any atom is 0.423 e. The molecule has 0 radical (unpaired) electrons. The normalized spacial score (nSPS) is 11.7. The summed E-state index contributed by atoms with van der Waals surface area (Å²) >= 11 is 1.17. The van der Waals surface area contributed by atoms with Gasteiger partial charge in [0.05, 0.1) is 10.4 Å². The Balaban J connectivity index is 2.45. The molecule has 0 aliphatic rings. The maximum absolute atomic E-state index is 12.3. The molecule has 84 valence electrons. The van der Waals surface area contributed by atoms with E-state index < -0.39 is 17.6 Å². The molecule has 16 heavy (non-hydrogen) atoms. The third kappa shape index (κ3) is 1.96. The van der Waals surface area contributed by atoms with E-state index in [0.717, 1.165) is 0 Å². The number of alkyl halides is 3. The molecule has 0 aliphatic heterocycles. The highest BCUT2D eigenvalue weighted by molar-refractivity contribution is 7.13. The van der Waals surface area contributed by atoms with Crippen LogP contribution in [0.4, 0.5) is 13.2 Å². The lowest BCUT2D eigenvalue weighted by Crippen LogP contribution is -2.07. The first-order chi connectivity index (χ1) is 7.48. The van der Waals surface area contributed by atoms with Crippen LogP contribution in [0.1, 0.15) is 5.56 Å². The minimum atomic E-state index is -4.66. The summed E-state index contributed by atoms with van der Waals surface area (Å²) in [5, 5.41) is 9.14. The minimum absolute atomic E-state index is 0.0213. The average Bonchev–Trinajstić information content (AvgIpc) is 2.68. The first kappa shape index (κ1) is 10.8. The van der Waals surface area contributed by atoms with Crippen LogP contribution in [0.25, 0.3) is 10.7 Å². The highest BCUT2D eigenvalue weighted by atomic mass is 32.1. The third-order valence-electron chi connectivity index (χ3n) is 1.73. The van der Waals surface area contributed by atoms with Crippen LogP contribution < -0.4 is 0 Å². The standard InChI is InChI=1S/C8H4F3N3OS/c9-8(10,11)4-1-13-6(14-7(4)15)5-2-12-3-16-5/h1-3H,(H,13,14,15). The van der Waals surface area contributed by atoms with Gasteiger partial charge in [0, 0.05) is 12.4 Å². The number of halogens is 3. The minimum Gasteiger partial charge on any atom is -0.493 e. The van der Waals surface area contributed by atoms with Crippen molar-refractivity contribution in [1.82, 2.24) is 15.0 Å². The lowest BCUT2D eigenvalue weighted by atomic mass is 10.3. The van der Waals surface area contributed by atoms with Crippen LogP contribution >= 0.6 is 11.3 Å². The summed E-state index contributed by atoms with van der Waals surface area (Å²) in [7, 11) is 0. The van der Waals surface area contributed by atoms with E-state index in [-0.39, 0.29) is 5.82 Å². The summed E-state index contributed by atoms with van der Waals surface area (Å²) < 4.78 is 36.8. The molecule has 0 fully saturated rings. The molecule has 1 N–H and O–H groups in total. The first-order valence-electron chi connectivity index (χ1n) is 4.00. The molecule has 0 bridgehead atoms. The van der Waals surface area contributed by atoms with Crippen molar-refractivity contribution in [2.24, 2.45) is 0 Å². The molecule has 2 aromatic heterocycles. The molecule has 2 aromatic rings. The van der Waals surface area contributed by atoms with Gasteiger partial charge in [0.1, 0.15) is 5.56 Å². The van der Waals surface area contributed by atoms with Crippen molar-refractivity contribution in [2.75, 3.05) is 0 Å². The maximum atomic E-state index is 12.3. The second kappa shape index (κ2) is 3.71. The van der Waals surface area contributed by atoms with Gasteiger partial charge in [-0.25, -0.2) is 4.98 Å². The molecule has 4 nitrogen and oxygen atoms in total. The Labute approximate surface area is 91.4 Å². The Kier molecular flexibility index (Phi) is 2.50. The van der Waals surface area contributed by atoms with Gasteiger partial charge in [-0.05, 0) is 0 Å². The van der Waals surface area contributed by atoms with Crippen molar-refractivity contribution in [3.05, 3.63) is 23.5 Å². The Hall–Kier alpha value is -1.70. The van der Waals surface area contributed by atoms with Crippen LogP contribution in [0.2, 0.25) is 0 Å². The zero-order valence-electron chi connectivity index (χ0n) is 7.56. The zero-order valence-corrected chi connectivity index (χ0v) is 8.38. The Morgan fingerprint density at radius 3 is 2.50 bits per heavy atom. The molecular weight excluding hydrogens is 243 g/mol. The fourth-order valence-electron chi connectivity index (χ4n) is 1.02. The van der Waals surface area contributed by atoms with Gasteiger partial charge in [-0.3, -0.25) is 4.98 Å². The van der Waals surface area contributed by atoms with Crippen LogP contribution in [0.3, 0.4) is 0 Å². The van der Waals surface area contributed by atoms with Gasteiger partial charge in [0.25, 0.3) is 0 Å². The largest absolute Gasteiger partial charge is 0.493 e. The van der Waals surface area contributed by atoms with E-state index in [9.17, 15) is 13.2 Å². The van der Waals surface area contributed by atoms with Crippen molar-refractivity contribution in [1.29, 1.82) is 0 Å². The third-order valence-corrected chi connectivity index (χ3v) is 2.50. The monoisotopic (exact) mass is 247 g/mol. The molecule has 2 heterocycles. The molecule has 0 spiro atoms. The van der Waals surface area contributed by atoms with E-state index in [1.165, 1.54) is 23.0 Å². The van der Waals surface area contributed by atoms with Crippen molar-refractivity contribution in [3.8, 4) is 16.6 Å². The number of aromatic nitrogens is 3. The van der Waals surface area contributed by atoms with Crippen LogP contribution in [0, 0.1) is 0 Å². The lowest BCUT2D eigenvalue weighted by Gasteiger charge is -2.07. The molecule has 0 amide bonds. The lowest BCUT2D eigenvalue weighted by molar-refractivity contribution is -0.139. The zero-order chi connectivity index (χ0) is 11.8. The van der Waals surface area contributed by atoms with Crippen molar-refractivity contribution < 1.29 is 18.3 Å². The SMILES string of the molecule is Oc1nc(-c2cncs2)ncc1C(F)(F)F. The fraction of sp³-hybridized carbons (Fsp3) is 0.125. The highest BCUT2D eigenvalue weighted by Crippen LogP contribution is 2.35. The van der Waals surface area contributed by atoms with Gasteiger partial charge in [-0.1, -0.05) is 0 Å². The van der Waals surface area contributed by atoms with E-state index in [1.807, 2.05) is 0 Å². The number of hydrogen-bond donors (Lipinski definition) is 1. The smallest absolute Gasteiger partial charge is 0.423 e. The quantitative estimate of drug-likeness (QED) is 0.840. The summed E-state index contributed by atoms with van der Waals surface area (Å²) in [6, 6.07) is 0. The second-order valence-corrected chi connectivity index (χ2v) is 3.68. The van der Waals surface area contributed by atoms with Gasteiger partial charge in [-0.2, -0.15) is 18.2 Å². The molecule has 0 saturated heterocycles. The van der Waals surface area contributed by atoms with Crippen molar-refractivity contribution in [3.63, 3.8) is 0 Å². The molecule has 0 atom stereocenters. The molecule has 0 aliphatic carbocycles. The summed E-state index contributed by atoms with van der Waals surface area (Å²) in [5.74, 6) is -1.06. The molecule has 0 unspecified atom stereocenters. The van der Waals surface area contributed by atoms with Crippen LogP contribution in [-0.4, -0.2) is 20.1 Å². The van der Waals surface area contributed by atoms with Gasteiger partial charge in [0.15, 0.2) is 5.82 Å². The molecule has 0 aromatic carbocycles. The number of hydrogen-bond acceptors (Lipinski definition) is 5. The Morgan fingerprint density at radius 2 is 2.00 bits per heavy atom. The van der Waals surface area contributed by atoms with Crippen LogP contribution in [-0.2, 0) is 6.18 Å². The first-order valence-corrected chi connectivity index (χ1v) is 4.88. The van der Waals surface area contributed by atoms with Gasteiger partial charge >= 0.3 is 6.18 Å². The van der Waals surface area contributed by atoms with E-state index in [2.05, 4.69) is 15.0 Å². The summed E-state index contributed by atoms with van der Waals surface area (Å²) in [5.41, 5.74) is 0.244. The predicted molar refractivity (Wildman–Crippen MR) is 49.8 cm³/mol. The van der Waals surface area contributed by atoms with Crippen LogP contribution in [0.5, 0.6) is 5.88 Å². The second-order valence-electron chi connectivity index (χ2n) is 2.79. The molecule has 2 rings (SSSR count). The van der Waals surface area contributed by atoms with E-state index in [0.29, 0.717) is 11.1 Å². The topological polar surface area (TPSA) is 58.9 Å².